The molecule has 1 unspecified atom stereocenters. The molecule has 7 heteroatoms. The molecule has 21 heavy (non-hydrogen) atoms. The van der Waals surface area contributed by atoms with Gasteiger partial charge in [0.05, 0.1) is 4.90 Å². The average molecular weight is 311 g/mol. The van der Waals surface area contributed by atoms with Gasteiger partial charge in [-0.15, -0.1) is 0 Å². The van der Waals surface area contributed by atoms with E-state index in [2.05, 4.69) is 5.32 Å². The molecule has 3 N–H and O–H groups in total. The van der Waals surface area contributed by atoms with Crippen molar-refractivity contribution in [2.75, 3.05) is 18.8 Å². The summed E-state index contributed by atoms with van der Waals surface area (Å²) in [4.78, 5) is 11.3. The van der Waals surface area contributed by atoms with Crippen LogP contribution in [0, 0.1) is 0 Å². The van der Waals surface area contributed by atoms with Crippen molar-refractivity contribution in [3.8, 4) is 0 Å². The molecule has 1 heterocycles. The zero-order valence-electron chi connectivity index (χ0n) is 12.3. The molecular weight excluding hydrogens is 290 g/mol. The first-order chi connectivity index (χ1) is 9.84. The predicted molar refractivity (Wildman–Crippen MR) is 81.2 cm³/mol. The molecule has 2 rings (SSSR count). The van der Waals surface area contributed by atoms with E-state index in [9.17, 15) is 13.2 Å². The Balaban J connectivity index is 2.19. The Bertz CT molecular complexity index is 643. The minimum absolute atomic E-state index is 0.121. The van der Waals surface area contributed by atoms with Gasteiger partial charge >= 0.3 is 0 Å². The fourth-order valence-electron chi connectivity index (χ4n) is 2.56. The number of carbonyl (C=O) groups is 1. The van der Waals surface area contributed by atoms with E-state index in [1.807, 2.05) is 6.92 Å². The summed E-state index contributed by atoms with van der Waals surface area (Å²) >= 11 is 0. The summed E-state index contributed by atoms with van der Waals surface area (Å²) in [5, 5.41) is 2.76. The van der Waals surface area contributed by atoms with E-state index in [1.54, 1.807) is 12.1 Å². The fourth-order valence-corrected chi connectivity index (χ4v) is 4.09. The third-order valence-corrected chi connectivity index (χ3v) is 5.56. The number of rotatable bonds is 4. The van der Waals surface area contributed by atoms with E-state index in [4.69, 9.17) is 5.73 Å². The standard InChI is InChI=1S/C14H21N3O3S/c1-3-11-4-5-13(8-14(11)15)21(19,20)17-7-6-12(9-17)16-10(2)18/h4-5,8,12H,3,6-7,9,15H2,1-2H3,(H,16,18). The lowest BCUT2D eigenvalue weighted by Gasteiger charge is -2.17. The second-order valence-electron chi connectivity index (χ2n) is 5.26. The summed E-state index contributed by atoms with van der Waals surface area (Å²) in [6, 6.07) is 4.74. The Hall–Kier alpha value is -1.60. The largest absolute Gasteiger partial charge is 0.398 e. The average Bonchev–Trinajstić information content (AvgIpc) is 2.87. The van der Waals surface area contributed by atoms with Gasteiger partial charge in [0.1, 0.15) is 0 Å². The topological polar surface area (TPSA) is 92.5 Å². The first kappa shape index (κ1) is 15.8. The number of aryl methyl sites for hydroxylation is 1. The van der Waals surface area contributed by atoms with Crippen LogP contribution in [0.4, 0.5) is 5.69 Å². The van der Waals surface area contributed by atoms with Gasteiger partial charge in [0.15, 0.2) is 0 Å². The van der Waals surface area contributed by atoms with Crippen molar-refractivity contribution in [2.45, 2.75) is 37.6 Å². The van der Waals surface area contributed by atoms with Gasteiger partial charge in [-0.25, -0.2) is 8.42 Å². The van der Waals surface area contributed by atoms with Crippen molar-refractivity contribution in [3.05, 3.63) is 23.8 Å². The van der Waals surface area contributed by atoms with E-state index >= 15 is 0 Å². The molecule has 0 radical (unpaired) electrons. The van der Waals surface area contributed by atoms with E-state index < -0.39 is 10.0 Å². The van der Waals surface area contributed by atoms with Crippen LogP contribution in [0.15, 0.2) is 23.1 Å². The molecule has 1 atom stereocenters. The Morgan fingerprint density at radius 2 is 2.19 bits per heavy atom. The van der Waals surface area contributed by atoms with E-state index in [0.717, 1.165) is 12.0 Å². The van der Waals surface area contributed by atoms with E-state index in [1.165, 1.54) is 17.3 Å². The molecule has 1 fully saturated rings. The van der Waals surface area contributed by atoms with Crippen LogP contribution < -0.4 is 11.1 Å². The maximum atomic E-state index is 12.6. The van der Waals surface area contributed by atoms with Crippen LogP contribution in [0.2, 0.25) is 0 Å². The first-order valence-electron chi connectivity index (χ1n) is 7.00. The minimum atomic E-state index is -3.55. The first-order valence-corrected chi connectivity index (χ1v) is 8.44. The van der Waals surface area contributed by atoms with Crippen LogP contribution in [0.3, 0.4) is 0 Å². The van der Waals surface area contributed by atoms with Crippen LogP contribution in [0.25, 0.3) is 0 Å². The Morgan fingerprint density at radius 3 is 2.76 bits per heavy atom. The van der Waals surface area contributed by atoms with Crippen molar-refractivity contribution in [1.29, 1.82) is 0 Å². The number of nitrogens with zero attached hydrogens (tertiary/aromatic N) is 1. The van der Waals surface area contributed by atoms with Crippen LogP contribution in [0.5, 0.6) is 0 Å². The number of sulfonamides is 1. The molecule has 0 bridgehead atoms. The number of amides is 1. The molecule has 1 aromatic carbocycles. The predicted octanol–water partition coefficient (Wildman–Crippen LogP) is 0.730. The smallest absolute Gasteiger partial charge is 0.243 e. The molecule has 0 aliphatic carbocycles. The second-order valence-corrected chi connectivity index (χ2v) is 7.20. The number of benzene rings is 1. The second kappa shape index (κ2) is 6.03. The molecule has 0 spiro atoms. The Labute approximate surface area is 125 Å². The molecule has 116 valence electrons. The van der Waals surface area contributed by atoms with Crippen LogP contribution in [-0.2, 0) is 21.2 Å². The van der Waals surface area contributed by atoms with Crippen molar-refractivity contribution in [1.82, 2.24) is 9.62 Å². The maximum Gasteiger partial charge on any atom is 0.243 e. The third-order valence-electron chi connectivity index (χ3n) is 3.69. The summed E-state index contributed by atoms with van der Waals surface area (Å²) in [5.74, 6) is -0.143. The zero-order chi connectivity index (χ0) is 15.6. The summed E-state index contributed by atoms with van der Waals surface area (Å²) in [6.07, 6.45) is 1.39. The normalized spacial score (nSPS) is 19.6. The fraction of sp³-hybridized carbons (Fsp3) is 0.500. The Morgan fingerprint density at radius 1 is 1.48 bits per heavy atom. The van der Waals surface area contributed by atoms with Crippen molar-refractivity contribution in [2.24, 2.45) is 0 Å². The van der Waals surface area contributed by atoms with Crippen LogP contribution >= 0.6 is 0 Å². The molecule has 1 aliphatic rings. The number of hydrogen-bond acceptors (Lipinski definition) is 4. The van der Waals surface area contributed by atoms with E-state index in [-0.39, 0.29) is 16.8 Å². The zero-order valence-corrected chi connectivity index (χ0v) is 13.1. The SMILES string of the molecule is CCc1ccc(S(=O)(=O)N2CCC(NC(C)=O)C2)cc1N. The van der Waals surface area contributed by atoms with Gasteiger partial charge in [-0.3, -0.25) is 4.79 Å². The number of anilines is 1. The van der Waals surface area contributed by atoms with E-state index in [0.29, 0.717) is 25.2 Å². The van der Waals surface area contributed by atoms with Crippen LogP contribution in [0.1, 0.15) is 25.8 Å². The molecule has 1 aliphatic heterocycles. The van der Waals surface area contributed by atoms with Gasteiger partial charge < -0.3 is 11.1 Å². The Kier molecular flexibility index (Phi) is 4.53. The molecular formula is C14H21N3O3S. The molecule has 6 nitrogen and oxygen atoms in total. The highest BCUT2D eigenvalue weighted by Crippen LogP contribution is 2.24. The highest BCUT2D eigenvalue weighted by Gasteiger charge is 2.33. The number of nitrogens with two attached hydrogens (primary N) is 1. The number of hydrogen-bond donors (Lipinski definition) is 2. The van der Waals surface area contributed by atoms with Crippen molar-refractivity contribution < 1.29 is 13.2 Å². The summed E-state index contributed by atoms with van der Waals surface area (Å²) in [7, 11) is -3.55. The highest BCUT2D eigenvalue weighted by molar-refractivity contribution is 7.89. The van der Waals surface area contributed by atoms with Crippen molar-refractivity contribution in [3.63, 3.8) is 0 Å². The van der Waals surface area contributed by atoms with Gasteiger partial charge in [0, 0.05) is 31.7 Å². The molecule has 1 saturated heterocycles. The van der Waals surface area contributed by atoms with Gasteiger partial charge in [-0.2, -0.15) is 4.31 Å². The summed E-state index contributed by atoms with van der Waals surface area (Å²) < 4.78 is 26.5. The number of carbonyl (C=O) groups excluding carboxylic acids is 1. The van der Waals surface area contributed by atoms with Gasteiger partial charge in [-0.05, 0) is 30.5 Å². The maximum absolute atomic E-state index is 12.6. The number of nitrogen functional groups attached to an aromatic ring is 1. The number of nitrogens with one attached hydrogen (secondary N) is 1. The lowest BCUT2D eigenvalue weighted by molar-refractivity contribution is -0.119. The monoisotopic (exact) mass is 311 g/mol. The quantitative estimate of drug-likeness (QED) is 0.802. The lowest BCUT2D eigenvalue weighted by Crippen LogP contribution is -2.37. The van der Waals surface area contributed by atoms with Gasteiger partial charge in [-0.1, -0.05) is 13.0 Å². The molecule has 0 saturated carbocycles. The molecule has 1 amide bonds. The summed E-state index contributed by atoms with van der Waals surface area (Å²) in [5.41, 5.74) is 7.31. The molecule has 1 aromatic rings. The van der Waals surface area contributed by atoms with Crippen molar-refractivity contribution >= 4 is 21.6 Å². The minimum Gasteiger partial charge on any atom is -0.398 e. The van der Waals surface area contributed by atoms with Gasteiger partial charge in [0.2, 0.25) is 15.9 Å². The van der Waals surface area contributed by atoms with Gasteiger partial charge in [0.25, 0.3) is 0 Å². The summed E-state index contributed by atoms with van der Waals surface area (Å²) in [6.45, 7) is 4.11. The molecule has 0 aromatic heterocycles. The van der Waals surface area contributed by atoms with Crippen LogP contribution in [-0.4, -0.2) is 37.8 Å². The third kappa shape index (κ3) is 3.36. The highest BCUT2D eigenvalue weighted by atomic mass is 32.2. The lowest BCUT2D eigenvalue weighted by atomic mass is 10.1.